The summed E-state index contributed by atoms with van der Waals surface area (Å²) in [5, 5.41) is 0. The first-order valence-electron chi connectivity index (χ1n) is 7.13. The zero-order chi connectivity index (χ0) is 15.7. The average Bonchev–Trinajstić information content (AvgIpc) is 2.48. The fourth-order valence-electron chi connectivity index (χ4n) is 2.02. The lowest BCUT2D eigenvalue weighted by Crippen LogP contribution is -2.53. The maximum Gasteiger partial charge on any atom is 0.350 e. The molecule has 1 aromatic carbocycles. The van der Waals surface area contributed by atoms with E-state index >= 15 is 0 Å². The van der Waals surface area contributed by atoms with E-state index in [-0.39, 0.29) is 26.2 Å². The summed E-state index contributed by atoms with van der Waals surface area (Å²) in [6.45, 7) is 5.62. The van der Waals surface area contributed by atoms with Crippen molar-refractivity contribution in [1.29, 1.82) is 0 Å². The second-order valence-electron chi connectivity index (χ2n) is 4.36. The van der Waals surface area contributed by atoms with Crippen molar-refractivity contribution >= 4 is 11.9 Å². The van der Waals surface area contributed by atoms with Crippen LogP contribution in [0.3, 0.4) is 0 Å². The third-order valence-corrected chi connectivity index (χ3v) is 2.90. The third-order valence-electron chi connectivity index (χ3n) is 2.90. The predicted octanol–water partition coefficient (Wildman–Crippen LogP) is 2.13. The molecule has 0 saturated heterocycles. The van der Waals surface area contributed by atoms with Crippen LogP contribution in [0.2, 0.25) is 0 Å². The van der Waals surface area contributed by atoms with Crippen LogP contribution in [0.5, 0.6) is 0 Å². The van der Waals surface area contributed by atoms with Gasteiger partial charge in [-0.2, -0.15) is 0 Å². The molecule has 0 atom stereocenters. The van der Waals surface area contributed by atoms with Crippen molar-refractivity contribution in [3.8, 4) is 0 Å². The second kappa shape index (κ2) is 8.42. The molecule has 5 nitrogen and oxygen atoms in total. The monoisotopic (exact) mass is 294 g/mol. The van der Waals surface area contributed by atoms with Gasteiger partial charge in [-0.05, 0) is 26.3 Å². The molecule has 0 saturated carbocycles. The Labute approximate surface area is 125 Å². The van der Waals surface area contributed by atoms with Gasteiger partial charge in [0.05, 0.1) is 13.2 Å². The van der Waals surface area contributed by atoms with Gasteiger partial charge < -0.3 is 14.2 Å². The molecule has 0 unspecified atom stereocenters. The number of carbonyl (C=O) groups excluding carboxylic acids is 2. The summed E-state index contributed by atoms with van der Waals surface area (Å²) in [4.78, 5) is 24.7. The lowest BCUT2D eigenvalue weighted by atomic mass is 9.94. The van der Waals surface area contributed by atoms with Crippen molar-refractivity contribution < 1.29 is 23.8 Å². The molecule has 0 amide bonds. The van der Waals surface area contributed by atoms with Crippen molar-refractivity contribution in [1.82, 2.24) is 0 Å². The van der Waals surface area contributed by atoms with Gasteiger partial charge in [-0.3, -0.25) is 0 Å². The molecular formula is C16H22O5. The van der Waals surface area contributed by atoms with Gasteiger partial charge in [0.15, 0.2) is 0 Å². The Hall–Kier alpha value is -1.88. The van der Waals surface area contributed by atoms with E-state index in [1.807, 2.05) is 30.3 Å². The predicted molar refractivity (Wildman–Crippen MR) is 77.8 cm³/mol. The number of hydrogen-bond acceptors (Lipinski definition) is 5. The summed E-state index contributed by atoms with van der Waals surface area (Å²) in [5.74, 6) is -1.43. The fraction of sp³-hybridized carbons (Fsp3) is 0.500. The van der Waals surface area contributed by atoms with E-state index in [4.69, 9.17) is 14.2 Å². The van der Waals surface area contributed by atoms with Crippen LogP contribution >= 0.6 is 0 Å². The second-order valence-corrected chi connectivity index (χ2v) is 4.36. The Balaban J connectivity index is 3.15. The topological polar surface area (TPSA) is 61.8 Å². The molecule has 0 aliphatic rings. The van der Waals surface area contributed by atoms with Crippen LogP contribution in [-0.4, -0.2) is 37.4 Å². The smallest absolute Gasteiger partial charge is 0.350 e. The van der Waals surface area contributed by atoms with Gasteiger partial charge in [0.2, 0.25) is 0 Å². The van der Waals surface area contributed by atoms with Gasteiger partial charge in [0.1, 0.15) is 0 Å². The Morgan fingerprint density at radius 2 is 1.43 bits per heavy atom. The highest BCUT2D eigenvalue weighted by Crippen LogP contribution is 2.22. The van der Waals surface area contributed by atoms with Gasteiger partial charge >= 0.3 is 11.9 Å². The highest BCUT2D eigenvalue weighted by atomic mass is 16.6. The molecule has 0 N–H and O–H groups in total. The van der Waals surface area contributed by atoms with Gasteiger partial charge in [-0.25, -0.2) is 9.59 Å². The molecule has 0 aliphatic carbocycles. The molecule has 0 heterocycles. The van der Waals surface area contributed by atoms with E-state index in [9.17, 15) is 9.59 Å². The summed E-state index contributed by atoms with van der Waals surface area (Å²) >= 11 is 0. The quantitative estimate of drug-likeness (QED) is 0.543. The Morgan fingerprint density at radius 1 is 0.905 bits per heavy atom. The first-order chi connectivity index (χ1) is 10.1. The maximum absolute atomic E-state index is 12.3. The number of ether oxygens (including phenoxy) is 3. The van der Waals surface area contributed by atoms with Crippen LogP contribution in [0.1, 0.15) is 26.3 Å². The van der Waals surface area contributed by atoms with Crippen LogP contribution in [0, 0.1) is 0 Å². The zero-order valence-corrected chi connectivity index (χ0v) is 12.8. The molecule has 21 heavy (non-hydrogen) atoms. The van der Waals surface area contributed by atoms with Crippen molar-refractivity contribution in [2.24, 2.45) is 0 Å². The summed E-state index contributed by atoms with van der Waals surface area (Å²) in [6, 6.07) is 9.18. The minimum absolute atomic E-state index is 0.0827. The third kappa shape index (κ3) is 4.29. The first-order valence-corrected chi connectivity index (χ1v) is 7.13. The molecular weight excluding hydrogens is 272 g/mol. The standard InChI is InChI=1S/C16H22O5/c1-4-19-14(17)16(21-6-3,15(18)20-5-2)12-13-10-8-7-9-11-13/h7-11H,4-6,12H2,1-3H3. The van der Waals surface area contributed by atoms with Crippen molar-refractivity contribution in [3.05, 3.63) is 35.9 Å². The van der Waals surface area contributed by atoms with Crippen LogP contribution in [-0.2, 0) is 30.2 Å². The molecule has 116 valence electrons. The molecule has 0 aromatic heterocycles. The largest absolute Gasteiger partial charge is 0.463 e. The van der Waals surface area contributed by atoms with E-state index in [0.29, 0.717) is 0 Å². The summed E-state index contributed by atoms with van der Waals surface area (Å²) in [5.41, 5.74) is -0.950. The number of esters is 2. The van der Waals surface area contributed by atoms with E-state index in [0.717, 1.165) is 5.56 Å². The fourth-order valence-corrected chi connectivity index (χ4v) is 2.02. The Morgan fingerprint density at radius 3 is 1.86 bits per heavy atom. The molecule has 1 aromatic rings. The Bertz CT molecular complexity index is 437. The van der Waals surface area contributed by atoms with Gasteiger partial charge in [0, 0.05) is 13.0 Å². The molecule has 0 radical (unpaired) electrons. The van der Waals surface area contributed by atoms with Crippen molar-refractivity contribution in [2.75, 3.05) is 19.8 Å². The summed E-state index contributed by atoms with van der Waals surface area (Å²) in [6.07, 6.45) is 0.0827. The van der Waals surface area contributed by atoms with Crippen LogP contribution < -0.4 is 0 Å². The maximum atomic E-state index is 12.3. The minimum Gasteiger partial charge on any atom is -0.463 e. The van der Waals surface area contributed by atoms with Crippen LogP contribution in [0.15, 0.2) is 30.3 Å². The molecule has 5 heteroatoms. The molecule has 0 spiro atoms. The zero-order valence-electron chi connectivity index (χ0n) is 12.8. The normalized spacial score (nSPS) is 11.0. The molecule has 1 rings (SSSR count). The van der Waals surface area contributed by atoms with E-state index in [1.165, 1.54) is 0 Å². The molecule has 0 fully saturated rings. The number of rotatable bonds is 8. The number of hydrogen-bond donors (Lipinski definition) is 0. The summed E-state index contributed by atoms with van der Waals surface area (Å²) < 4.78 is 15.6. The molecule has 0 bridgehead atoms. The van der Waals surface area contributed by atoms with Crippen molar-refractivity contribution in [3.63, 3.8) is 0 Å². The van der Waals surface area contributed by atoms with Gasteiger partial charge in [-0.15, -0.1) is 0 Å². The number of benzene rings is 1. The Kier molecular flexibility index (Phi) is 6.88. The first kappa shape index (κ1) is 17.2. The SMILES string of the molecule is CCOC(=O)C(Cc1ccccc1)(OCC)C(=O)OCC. The van der Waals surface area contributed by atoms with Gasteiger partial charge in [0.25, 0.3) is 5.60 Å². The molecule has 0 aliphatic heterocycles. The van der Waals surface area contributed by atoms with Crippen molar-refractivity contribution in [2.45, 2.75) is 32.8 Å². The highest BCUT2D eigenvalue weighted by Gasteiger charge is 2.50. The number of carbonyl (C=O) groups is 2. The highest BCUT2D eigenvalue weighted by molar-refractivity contribution is 6.04. The van der Waals surface area contributed by atoms with Crippen LogP contribution in [0.4, 0.5) is 0 Å². The summed E-state index contributed by atoms with van der Waals surface area (Å²) in [7, 11) is 0. The minimum atomic E-state index is -1.75. The lowest BCUT2D eigenvalue weighted by Gasteiger charge is -2.28. The van der Waals surface area contributed by atoms with Crippen LogP contribution in [0.25, 0.3) is 0 Å². The van der Waals surface area contributed by atoms with E-state index < -0.39 is 17.5 Å². The average molecular weight is 294 g/mol. The van der Waals surface area contributed by atoms with E-state index in [1.54, 1.807) is 20.8 Å². The van der Waals surface area contributed by atoms with Gasteiger partial charge in [-0.1, -0.05) is 30.3 Å². The van der Waals surface area contributed by atoms with E-state index in [2.05, 4.69) is 0 Å². The lowest BCUT2D eigenvalue weighted by molar-refractivity contribution is -0.190.